The second kappa shape index (κ2) is 9.04. The topological polar surface area (TPSA) is 55.6 Å². The monoisotopic (exact) mass is 372 g/mol. The molecule has 2 atom stereocenters. The number of carbonyl (C=O) groups excluding carboxylic acids is 1. The summed E-state index contributed by atoms with van der Waals surface area (Å²) in [5.74, 6) is 0.272. The maximum absolute atomic E-state index is 12.4. The molecular formula is C18H26Cl2N2O2. The van der Waals surface area contributed by atoms with Crippen LogP contribution in [0.3, 0.4) is 0 Å². The molecular weight excluding hydrogens is 347 g/mol. The van der Waals surface area contributed by atoms with Crippen molar-refractivity contribution in [2.24, 2.45) is 11.7 Å². The van der Waals surface area contributed by atoms with Crippen LogP contribution in [0.4, 0.5) is 0 Å². The number of carbonyl (C=O) groups is 1. The van der Waals surface area contributed by atoms with E-state index in [1.807, 2.05) is 24.0 Å². The number of nitrogens with zero attached hydrogens (tertiary/aromatic N) is 1. The number of rotatable bonds is 6. The van der Waals surface area contributed by atoms with Crippen LogP contribution in [0.15, 0.2) is 18.2 Å². The lowest BCUT2D eigenvalue weighted by atomic mass is 9.97. The molecule has 1 aliphatic rings. The van der Waals surface area contributed by atoms with E-state index in [1.54, 1.807) is 6.07 Å². The molecule has 1 fully saturated rings. The first-order chi connectivity index (χ1) is 11.4. The Balaban J connectivity index is 1.78. The lowest BCUT2D eigenvalue weighted by Gasteiger charge is -2.34. The molecule has 1 aromatic rings. The van der Waals surface area contributed by atoms with Crippen LogP contribution in [-0.4, -0.2) is 36.0 Å². The number of hydrogen-bond acceptors (Lipinski definition) is 3. The van der Waals surface area contributed by atoms with Gasteiger partial charge in [-0.05, 0) is 36.5 Å². The summed E-state index contributed by atoms with van der Waals surface area (Å²) in [6, 6.07) is 5.12. The molecule has 1 aliphatic heterocycles. The highest BCUT2D eigenvalue weighted by Crippen LogP contribution is 2.24. The van der Waals surface area contributed by atoms with Gasteiger partial charge in [0.1, 0.15) is 0 Å². The highest BCUT2D eigenvalue weighted by molar-refractivity contribution is 6.42. The van der Waals surface area contributed by atoms with Crippen LogP contribution < -0.4 is 5.73 Å². The highest BCUT2D eigenvalue weighted by Gasteiger charge is 2.28. The second-order valence-electron chi connectivity index (χ2n) is 6.50. The summed E-state index contributed by atoms with van der Waals surface area (Å²) in [7, 11) is 0. The fourth-order valence-electron chi connectivity index (χ4n) is 2.79. The van der Waals surface area contributed by atoms with Gasteiger partial charge in [0.05, 0.1) is 28.8 Å². The summed E-state index contributed by atoms with van der Waals surface area (Å²) in [6.45, 7) is 5.99. The molecule has 134 valence electrons. The fraction of sp³-hybridized carbons (Fsp3) is 0.611. The minimum absolute atomic E-state index is 0.0623. The van der Waals surface area contributed by atoms with Gasteiger partial charge in [-0.25, -0.2) is 0 Å². The first-order valence-corrected chi connectivity index (χ1v) is 9.27. The molecule has 2 N–H and O–H groups in total. The number of ether oxygens (including phenoxy) is 1. The van der Waals surface area contributed by atoms with Crippen molar-refractivity contribution in [3.63, 3.8) is 0 Å². The summed E-state index contributed by atoms with van der Waals surface area (Å²) in [5, 5.41) is 1.09. The maximum Gasteiger partial charge on any atom is 0.239 e. The van der Waals surface area contributed by atoms with Crippen molar-refractivity contribution in [3.05, 3.63) is 33.8 Å². The van der Waals surface area contributed by atoms with Gasteiger partial charge in [-0.15, -0.1) is 0 Å². The summed E-state index contributed by atoms with van der Waals surface area (Å²) < 4.78 is 5.95. The Hall–Kier alpha value is -0.810. The first kappa shape index (κ1) is 19.5. The molecule has 0 bridgehead atoms. The normalized spacial score (nSPS) is 18.5. The van der Waals surface area contributed by atoms with Gasteiger partial charge < -0.3 is 15.4 Å². The van der Waals surface area contributed by atoms with E-state index in [1.165, 1.54) is 0 Å². The quantitative estimate of drug-likeness (QED) is 0.824. The van der Waals surface area contributed by atoms with Gasteiger partial charge in [-0.3, -0.25) is 4.79 Å². The van der Waals surface area contributed by atoms with Gasteiger partial charge in [-0.1, -0.05) is 49.5 Å². The molecule has 0 saturated carbocycles. The number of halogens is 2. The van der Waals surface area contributed by atoms with Crippen LogP contribution in [0, 0.1) is 5.92 Å². The third-order valence-corrected chi connectivity index (χ3v) is 5.50. The average Bonchev–Trinajstić information content (AvgIpc) is 2.61. The molecule has 0 spiro atoms. The van der Waals surface area contributed by atoms with Crippen molar-refractivity contribution in [3.8, 4) is 0 Å². The summed E-state index contributed by atoms with van der Waals surface area (Å²) >= 11 is 11.9. The smallest absolute Gasteiger partial charge is 0.239 e. The maximum atomic E-state index is 12.4. The van der Waals surface area contributed by atoms with Crippen molar-refractivity contribution in [1.29, 1.82) is 0 Å². The lowest BCUT2D eigenvalue weighted by molar-refractivity contribution is -0.136. The standard InChI is InChI=1S/C18H26Cl2N2O2/c1-3-12(2)17(21)18(23)22-8-6-14(7-9-22)24-11-13-4-5-15(19)16(20)10-13/h4-5,10,12,14,17H,3,6-9,11,21H2,1-2H3. The van der Waals surface area contributed by atoms with Crippen molar-refractivity contribution in [1.82, 2.24) is 4.90 Å². The molecule has 24 heavy (non-hydrogen) atoms. The number of amides is 1. The molecule has 2 rings (SSSR count). The molecule has 1 saturated heterocycles. The van der Waals surface area contributed by atoms with Crippen molar-refractivity contribution < 1.29 is 9.53 Å². The molecule has 6 heteroatoms. The van der Waals surface area contributed by atoms with E-state index >= 15 is 0 Å². The Morgan fingerprint density at radius 2 is 2.00 bits per heavy atom. The van der Waals surface area contributed by atoms with Crippen molar-refractivity contribution in [2.45, 2.75) is 51.9 Å². The van der Waals surface area contributed by atoms with Crippen LogP contribution in [0.1, 0.15) is 38.7 Å². The Morgan fingerprint density at radius 1 is 1.33 bits per heavy atom. The second-order valence-corrected chi connectivity index (χ2v) is 7.31. The van der Waals surface area contributed by atoms with E-state index in [0.717, 1.165) is 24.8 Å². The zero-order valence-electron chi connectivity index (χ0n) is 14.3. The minimum Gasteiger partial charge on any atom is -0.373 e. The fourth-order valence-corrected chi connectivity index (χ4v) is 3.12. The van der Waals surface area contributed by atoms with Crippen LogP contribution in [-0.2, 0) is 16.1 Å². The van der Waals surface area contributed by atoms with Crippen LogP contribution >= 0.6 is 23.2 Å². The Labute approximate surface area is 154 Å². The Bertz CT molecular complexity index is 560. The predicted octanol–water partition coefficient (Wildman–Crippen LogP) is 3.87. The summed E-state index contributed by atoms with van der Waals surface area (Å²) in [6.07, 6.45) is 2.74. The zero-order chi connectivity index (χ0) is 17.7. The number of likely N-dealkylation sites (tertiary alicyclic amines) is 1. The van der Waals surface area contributed by atoms with Crippen LogP contribution in [0.2, 0.25) is 10.0 Å². The van der Waals surface area contributed by atoms with E-state index in [9.17, 15) is 4.79 Å². The highest BCUT2D eigenvalue weighted by atomic mass is 35.5. The van der Waals surface area contributed by atoms with Gasteiger partial charge in [0, 0.05) is 13.1 Å². The third kappa shape index (κ3) is 5.09. The molecule has 1 aromatic carbocycles. The molecule has 0 aromatic heterocycles. The van der Waals surface area contributed by atoms with Gasteiger partial charge in [0.2, 0.25) is 5.91 Å². The largest absolute Gasteiger partial charge is 0.373 e. The van der Waals surface area contributed by atoms with E-state index in [0.29, 0.717) is 29.7 Å². The summed E-state index contributed by atoms with van der Waals surface area (Å²) in [5.41, 5.74) is 7.05. The number of piperidine rings is 1. The van der Waals surface area contributed by atoms with E-state index in [2.05, 4.69) is 6.92 Å². The predicted molar refractivity (Wildman–Crippen MR) is 98.3 cm³/mol. The SMILES string of the molecule is CCC(C)C(N)C(=O)N1CCC(OCc2ccc(Cl)c(Cl)c2)CC1. The van der Waals surface area contributed by atoms with Gasteiger partial charge >= 0.3 is 0 Å². The number of hydrogen-bond donors (Lipinski definition) is 1. The zero-order valence-corrected chi connectivity index (χ0v) is 15.8. The average molecular weight is 373 g/mol. The molecule has 2 unspecified atom stereocenters. The van der Waals surface area contributed by atoms with Crippen molar-refractivity contribution in [2.75, 3.05) is 13.1 Å². The molecule has 1 amide bonds. The lowest BCUT2D eigenvalue weighted by Crippen LogP contribution is -2.50. The van der Waals surface area contributed by atoms with Crippen LogP contribution in [0.25, 0.3) is 0 Å². The molecule has 0 aliphatic carbocycles. The number of nitrogens with two attached hydrogens (primary N) is 1. The molecule has 0 radical (unpaired) electrons. The van der Waals surface area contributed by atoms with Gasteiger partial charge in [-0.2, -0.15) is 0 Å². The van der Waals surface area contributed by atoms with E-state index in [4.69, 9.17) is 33.7 Å². The van der Waals surface area contributed by atoms with Crippen molar-refractivity contribution >= 4 is 29.1 Å². The summed E-state index contributed by atoms with van der Waals surface area (Å²) in [4.78, 5) is 14.3. The molecule has 1 heterocycles. The molecule has 4 nitrogen and oxygen atoms in total. The van der Waals surface area contributed by atoms with E-state index < -0.39 is 6.04 Å². The Morgan fingerprint density at radius 3 is 2.58 bits per heavy atom. The van der Waals surface area contributed by atoms with Gasteiger partial charge in [0.25, 0.3) is 0 Å². The minimum atomic E-state index is -0.399. The number of benzene rings is 1. The van der Waals surface area contributed by atoms with Gasteiger partial charge in [0.15, 0.2) is 0 Å². The van der Waals surface area contributed by atoms with E-state index in [-0.39, 0.29) is 17.9 Å². The first-order valence-electron chi connectivity index (χ1n) is 8.52. The third-order valence-electron chi connectivity index (χ3n) is 4.77. The Kier molecular flexibility index (Phi) is 7.35. The van der Waals surface area contributed by atoms with Crippen LogP contribution in [0.5, 0.6) is 0 Å².